The molecule has 1 aromatic heterocycles. The number of aromatic nitrogens is 2. The highest BCUT2D eigenvalue weighted by atomic mass is 35.5. The van der Waals surface area contributed by atoms with Crippen LogP contribution in [0.5, 0.6) is 0 Å². The molecule has 1 saturated carbocycles. The zero-order valence-corrected chi connectivity index (χ0v) is 17.5. The predicted octanol–water partition coefficient (Wildman–Crippen LogP) is 6.26. The van der Waals surface area contributed by atoms with Crippen molar-refractivity contribution in [2.24, 2.45) is 0 Å². The SMILES string of the molecule is O=c1[nH]c(=S)[nH]c(C2CCC(c3ccccc3)CC2)c1Cc1ccc(F)c(Cl)c1. The van der Waals surface area contributed by atoms with Gasteiger partial charge < -0.3 is 4.98 Å². The van der Waals surface area contributed by atoms with E-state index in [-0.39, 0.29) is 16.5 Å². The van der Waals surface area contributed by atoms with Crippen LogP contribution >= 0.6 is 23.8 Å². The molecule has 4 rings (SSSR count). The van der Waals surface area contributed by atoms with E-state index in [9.17, 15) is 9.18 Å². The number of hydrogen-bond donors (Lipinski definition) is 2. The topological polar surface area (TPSA) is 48.6 Å². The Hall–Kier alpha value is -2.24. The van der Waals surface area contributed by atoms with Gasteiger partial charge in [-0.25, -0.2) is 4.39 Å². The Balaban J connectivity index is 1.60. The number of aromatic amines is 2. The molecule has 0 unspecified atom stereocenters. The molecule has 150 valence electrons. The molecule has 0 radical (unpaired) electrons. The summed E-state index contributed by atoms with van der Waals surface area (Å²) in [6, 6.07) is 15.2. The molecule has 0 aliphatic heterocycles. The van der Waals surface area contributed by atoms with E-state index in [2.05, 4.69) is 34.2 Å². The van der Waals surface area contributed by atoms with Gasteiger partial charge in [0.05, 0.1) is 5.02 Å². The van der Waals surface area contributed by atoms with Crippen LogP contribution in [0.4, 0.5) is 4.39 Å². The molecule has 0 atom stereocenters. The number of H-pyrrole nitrogens is 2. The third-order valence-electron chi connectivity index (χ3n) is 5.85. The highest BCUT2D eigenvalue weighted by molar-refractivity contribution is 7.71. The van der Waals surface area contributed by atoms with Crippen LogP contribution in [-0.4, -0.2) is 9.97 Å². The van der Waals surface area contributed by atoms with Gasteiger partial charge in [-0.1, -0.05) is 48.0 Å². The lowest BCUT2D eigenvalue weighted by Crippen LogP contribution is -2.22. The third kappa shape index (κ3) is 4.51. The highest BCUT2D eigenvalue weighted by Crippen LogP contribution is 2.40. The fourth-order valence-corrected chi connectivity index (χ4v) is 4.75. The molecular formula is C23H22ClFN2OS. The third-order valence-corrected chi connectivity index (χ3v) is 6.34. The predicted molar refractivity (Wildman–Crippen MR) is 117 cm³/mol. The van der Waals surface area contributed by atoms with Crippen LogP contribution in [0.2, 0.25) is 5.02 Å². The van der Waals surface area contributed by atoms with Crippen molar-refractivity contribution in [1.29, 1.82) is 0 Å². The Kier molecular flexibility index (Phi) is 5.97. The highest BCUT2D eigenvalue weighted by Gasteiger charge is 2.26. The standard InChI is InChI=1S/C23H22ClFN2OS/c24-19-13-14(6-11-20(19)25)12-18-21(26-23(29)27-22(18)28)17-9-7-16(8-10-17)15-4-2-1-3-5-15/h1-6,11,13,16-17H,7-10,12H2,(H2,26,27,28,29). The van der Waals surface area contributed by atoms with Crippen LogP contribution in [0.3, 0.4) is 0 Å². The lowest BCUT2D eigenvalue weighted by atomic mass is 9.76. The van der Waals surface area contributed by atoms with Crippen LogP contribution in [0.15, 0.2) is 53.3 Å². The van der Waals surface area contributed by atoms with E-state index in [1.165, 1.54) is 11.6 Å². The van der Waals surface area contributed by atoms with Crippen LogP contribution in [0, 0.1) is 10.6 Å². The van der Waals surface area contributed by atoms with E-state index in [4.69, 9.17) is 23.8 Å². The number of halogens is 2. The summed E-state index contributed by atoms with van der Waals surface area (Å²) in [6.07, 6.45) is 4.51. The average Bonchev–Trinajstić information content (AvgIpc) is 2.73. The summed E-state index contributed by atoms with van der Waals surface area (Å²) in [4.78, 5) is 18.6. The molecular weight excluding hydrogens is 407 g/mol. The maximum atomic E-state index is 13.5. The van der Waals surface area contributed by atoms with Crippen molar-refractivity contribution in [1.82, 2.24) is 9.97 Å². The van der Waals surface area contributed by atoms with Gasteiger partial charge >= 0.3 is 0 Å². The maximum Gasteiger partial charge on any atom is 0.255 e. The Morgan fingerprint density at radius 3 is 2.38 bits per heavy atom. The number of nitrogens with one attached hydrogen (secondary N) is 2. The Bertz CT molecular complexity index is 1120. The second-order valence-electron chi connectivity index (χ2n) is 7.68. The molecule has 3 aromatic rings. The average molecular weight is 429 g/mol. The van der Waals surface area contributed by atoms with Crippen molar-refractivity contribution < 1.29 is 4.39 Å². The minimum atomic E-state index is -0.462. The summed E-state index contributed by atoms with van der Waals surface area (Å²) in [7, 11) is 0. The van der Waals surface area contributed by atoms with Crippen LogP contribution in [0.1, 0.15) is 59.9 Å². The quantitative estimate of drug-likeness (QED) is 0.482. The molecule has 0 spiro atoms. The molecule has 0 amide bonds. The number of benzene rings is 2. The molecule has 0 saturated heterocycles. The summed E-state index contributed by atoms with van der Waals surface area (Å²) >= 11 is 11.2. The Morgan fingerprint density at radius 1 is 1.00 bits per heavy atom. The van der Waals surface area contributed by atoms with Gasteiger partial charge in [-0.3, -0.25) is 9.78 Å². The molecule has 2 aromatic carbocycles. The van der Waals surface area contributed by atoms with Crippen molar-refractivity contribution in [3.63, 3.8) is 0 Å². The zero-order valence-electron chi connectivity index (χ0n) is 15.9. The van der Waals surface area contributed by atoms with Crippen molar-refractivity contribution in [3.8, 4) is 0 Å². The van der Waals surface area contributed by atoms with Crippen molar-refractivity contribution in [2.45, 2.75) is 43.9 Å². The van der Waals surface area contributed by atoms with Crippen molar-refractivity contribution in [3.05, 3.63) is 96.9 Å². The normalized spacial score (nSPS) is 19.2. The Morgan fingerprint density at radius 2 is 1.69 bits per heavy atom. The second-order valence-corrected chi connectivity index (χ2v) is 8.50. The van der Waals surface area contributed by atoms with Crippen molar-refractivity contribution in [2.75, 3.05) is 0 Å². The van der Waals surface area contributed by atoms with Crippen molar-refractivity contribution >= 4 is 23.8 Å². The number of hydrogen-bond acceptors (Lipinski definition) is 2. The Labute approximate surface area is 179 Å². The van der Waals surface area contributed by atoms with Gasteiger partial charge in [0.1, 0.15) is 5.82 Å². The molecule has 1 fully saturated rings. The van der Waals surface area contributed by atoms with Gasteiger partial charge in [-0.2, -0.15) is 0 Å². The summed E-state index contributed by atoms with van der Waals surface area (Å²) < 4.78 is 13.8. The van der Waals surface area contributed by atoms with E-state index >= 15 is 0 Å². The molecule has 1 heterocycles. The first-order valence-corrected chi connectivity index (χ1v) is 10.6. The minimum absolute atomic E-state index is 0.0627. The van der Waals surface area contributed by atoms with Gasteiger partial charge in [0.2, 0.25) is 0 Å². The van der Waals surface area contributed by atoms with E-state index in [0.717, 1.165) is 36.9 Å². The first-order valence-electron chi connectivity index (χ1n) is 9.85. The van der Waals surface area contributed by atoms with Gasteiger partial charge in [-0.15, -0.1) is 0 Å². The first-order chi connectivity index (χ1) is 14.0. The van der Waals surface area contributed by atoms with E-state index in [1.54, 1.807) is 12.1 Å². The summed E-state index contributed by atoms with van der Waals surface area (Å²) in [5.74, 6) is 0.345. The lowest BCUT2D eigenvalue weighted by molar-refractivity contribution is 0.389. The van der Waals surface area contributed by atoms with Crippen LogP contribution < -0.4 is 5.56 Å². The second kappa shape index (κ2) is 8.64. The zero-order chi connectivity index (χ0) is 20.4. The van der Waals surface area contributed by atoms with Gasteiger partial charge in [0.25, 0.3) is 5.56 Å². The first kappa shape index (κ1) is 20.0. The summed E-state index contributed by atoms with van der Waals surface area (Å²) in [5.41, 5.74) is 3.56. The number of rotatable bonds is 4. The molecule has 6 heteroatoms. The van der Waals surface area contributed by atoms with Gasteiger partial charge in [0.15, 0.2) is 4.77 Å². The fraction of sp³-hybridized carbons (Fsp3) is 0.304. The van der Waals surface area contributed by atoms with Gasteiger partial charge in [-0.05, 0) is 73.0 Å². The molecule has 0 bridgehead atoms. The molecule has 1 aliphatic rings. The van der Waals surface area contributed by atoms with Crippen LogP contribution in [0.25, 0.3) is 0 Å². The van der Waals surface area contributed by atoms with Crippen LogP contribution in [-0.2, 0) is 6.42 Å². The van der Waals surface area contributed by atoms with E-state index < -0.39 is 5.82 Å². The fourth-order valence-electron chi connectivity index (χ4n) is 4.35. The smallest absolute Gasteiger partial charge is 0.255 e. The maximum absolute atomic E-state index is 13.5. The summed E-state index contributed by atoms with van der Waals surface area (Å²) in [5, 5.41) is 0.0627. The molecule has 29 heavy (non-hydrogen) atoms. The van der Waals surface area contributed by atoms with Gasteiger partial charge in [0, 0.05) is 17.7 Å². The summed E-state index contributed by atoms with van der Waals surface area (Å²) in [6.45, 7) is 0. The largest absolute Gasteiger partial charge is 0.335 e. The monoisotopic (exact) mass is 428 g/mol. The van der Waals surface area contributed by atoms with E-state index in [0.29, 0.717) is 22.7 Å². The lowest BCUT2D eigenvalue weighted by Gasteiger charge is -2.29. The molecule has 1 aliphatic carbocycles. The molecule has 3 nitrogen and oxygen atoms in total. The van der Waals surface area contributed by atoms with E-state index in [1.807, 2.05) is 6.07 Å². The minimum Gasteiger partial charge on any atom is -0.335 e. The molecule has 2 N–H and O–H groups in total.